The van der Waals surface area contributed by atoms with E-state index in [2.05, 4.69) is 4.90 Å². The van der Waals surface area contributed by atoms with Crippen molar-refractivity contribution in [3.05, 3.63) is 65.2 Å². The summed E-state index contributed by atoms with van der Waals surface area (Å²) in [5, 5.41) is 0. The molecule has 0 N–H and O–H groups in total. The lowest BCUT2D eigenvalue weighted by atomic mass is 10.1. The Morgan fingerprint density at radius 1 is 1.09 bits per heavy atom. The van der Waals surface area contributed by atoms with E-state index in [9.17, 15) is 13.6 Å². The Morgan fingerprint density at radius 3 is 2.38 bits per heavy atom. The topological polar surface area (TPSA) is 41.8 Å². The second kappa shape index (κ2) is 9.77. The molecule has 172 valence electrons. The summed E-state index contributed by atoms with van der Waals surface area (Å²) in [7, 11) is 0. The molecule has 0 aromatic heterocycles. The predicted octanol–water partition coefficient (Wildman–Crippen LogP) is 5.12. The normalized spacial score (nSPS) is 16.1. The Morgan fingerprint density at radius 2 is 1.78 bits per heavy atom. The molecular weight excluding hydrogens is 414 g/mol. The van der Waals surface area contributed by atoms with Gasteiger partial charge < -0.3 is 9.47 Å². The fourth-order valence-electron chi connectivity index (χ4n) is 3.58. The second-order valence-electron chi connectivity index (χ2n) is 9.20. The first-order valence-corrected chi connectivity index (χ1v) is 10.8. The maximum atomic E-state index is 13.9. The lowest BCUT2D eigenvalue weighted by Gasteiger charge is -2.30. The quantitative estimate of drug-likeness (QED) is 0.600. The van der Waals surface area contributed by atoms with Crippen LogP contribution < -0.4 is 4.74 Å². The van der Waals surface area contributed by atoms with E-state index >= 15 is 0 Å². The molecule has 1 aliphatic rings. The van der Waals surface area contributed by atoms with Crippen LogP contribution in [0.5, 0.6) is 5.75 Å². The first kappa shape index (κ1) is 23.9. The minimum absolute atomic E-state index is 0.359. The number of benzene rings is 2. The Balaban J connectivity index is 1.78. The molecule has 0 radical (unpaired) electrons. The van der Waals surface area contributed by atoms with Gasteiger partial charge in [-0.15, -0.1) is 4.58 Å². The lowest BCUT2D eigenvalue weighted by molar-refractivity contribution is -0.458. The molecule has 3 rings (SSSR count). The number of nitrogens with zero attached hydrogens (tertiary/aromatic N) is 2. The van der Waals surface area contributed by atoms with E-state index in [0.29, 0.717) is 37.5 Å². The number of aryl methyl sites for hydroxylation is 1. The van der Waals surface area contributed by atoms with Crippen LogP contribution in [0.2, 0.25) is 0 Å². The van der Waals surface area contributed by atoms with Crippen molar-refractivity contribution in [2.75, 3.05) is 26.2 Å². The number of carbonyl (C=O) groups is 1. The summed E-state index contributed by atoms with van der Waals surface area (Å²) in [5.74, 6) is -1.14. The Bertz CT molecular complexity index is 997. The average Bonchev–Trinajstić information content (AvgIpc) is 2.70. The molecular formula is C25H31F2N2O3+. The number of ether oxygens (including phenoxy) is 2. The van der Waals surface area contributed by atoms with Gasteiger partial charge in [-0.25, -0.2) is 8.78 Å². The van der Waals surface area contributed by atoms with Crippen molar-refractivity contribution in [1.29, 1.82) is 0 Å². The van der Waals surface area contributed by atoms with E-state index in [1.807, 2.05) is 58.9 Å². The Hall–Kier alpha value is -2.80. The fraction of sp³-hybridized carbons (Fsp3) is 0.440. The van der Waals surface area contributed by atoms with Crippen LogP contribution in [0.25, 0.3) is 0 Å². The molecule has 2 aromatic rings. The number of carbonyl (C=O) groups excluding carboxylic acids is 1. The van der Waals surface area contributed by atoms with Crippen LogP contribution in [0.4, 0.5) is 13.6 Å². The smallest absolute Gasteiger partial charge is 0.484 e. The monoisotopic (exact) mass is 445 g/mol. The third-order valence-corrected chi connectivity index (χ3v) is 5.21. The summed E-state index contributed by atoms with van der Waals surface area (Å²) in [6, 6.07) is 11.4. The number of halogens is 2. The van der Waals surface area contributed by atoms with Crippen LogP contribution in [0.15, 0.2) is 42.5 Å². The van der Waals surface area contributed by atoms with Gasteiger partial charge in [0, 0.05) is 13.5 Å². The molecule has 0 saturated heterocycles. The highest BCUT2D eigenvalue weighted by Crippen LogP contribution is 2.25. The van der Waals surface area contributed by atoms with Gasteiger partial charge in [-0.1, -0.05) is 23.8 Å². The van der Waals surface area contributed by atoms with E-state index in [1.165, 1.54) is 6.07 Å². The molecule has 0 spiro atoms. The number of amides is 1. The molecule has 1 unspecified atom stereocenters. The van der Waals surface area contributed by atoms with Crippen molar-refractivity contribution in [2.24, 2.45) is 0 Å². The van der Waals surface area contributed by atoms with Crippen molar-refractivity contribution in [1.82, 2.24) is 4.90 Å². The third-order valence-electron chi connectivity index (χ3n) is 5.21. The highest BCUT2D eigenvalue weighted by molar-refractivity contribution is 5.83. The average molecular weight is 446 g/mol. The van der Waals surface area contributed by atoms with Gasteiger partial charge in [-0.2, -0.15) is 4.79 Å². The van der Waals surface area contributed by atoms with Gasteiger partial charge in [-0.3, -0.25) is 4.90 Å². The summed E-state index contributed by atoms with van der Waals surface area (Å²) in [6.45, 7) is 11.5. The first-order valence-electron chi connectivity index (χ1n) is 10.8. The van der Waals surface area contributed by atoms with Gasteiger partial charge in [0.25, 0.3) is 0 Å². The minimum atomic E-state index is -0.905. The van der Waals surface area contributed by atoms with Crippen LogP contribution >= 0.6 is 0 Å². The zero-order chi connectivity index (χ0) is 23.5. The Labute approximate surface area is 188 Å². The second-order valence-corrected chi connectivity index (χ2v) is 9.20. The van der Waals surface area contributed by atoms with Crippen molar-refractivity contribution < 1.29 is 27.6 Å². The van der Waals surface area contributed by atoms with Crippen molar-refractivity contribution in [3.63, 3.8) is 0 Å². The molecule has 0 saturated carbocycles. The molecule has 7 heteroatoms. The van der Waals surface area contributed by atoms with Crippen LogP contribution in [0, 0.1) is 18.6 Å². The van der Waals surface area contributed by atoms with E-state index in [4.69, 9.17) is 9.47 Å². The van der Waals surface area contributed by atoms with Gasteiger partial charge in [-0.05, 0) is 57.5 Å². The largest absolute Gasteiger partial charge is 0.596 e. The minimum Gasteiger partial charge on any atom is -0.484 e. The van der Waals surface area contributed by atoms with E-state index in [-0.39, 0.29) is 6.09 Å². The van der Waals surface area contributed by atoms with Gasteiger partial charge >= 0.3 is 6.09 Å². The van der Waals surface area contributed by atoms with Crippen LogP contribution in [0.3, 0.4) is 0 Å². The maximum absolute atomic E-state index is 13.9. The fourth-order valence-corrected chi connectivity index (χ4v) is 3.58. The summed E-state index contributed by atoms with van der Waals surface area (Å²) < 4.78 is 40.8. The third kappa shape index (κ3) is 6.36. The molecule has 1 heterocycles. The molecule has 32 heavy (non-hydrogen) atoms. The van der Waals surface area contributed by atoms with Gasteiger partial charge in [0.05, 0.1) is 13.1 Å². The lowest BCUT2D eigenvalue weighted by Crippen LogP contribution is -2.48. The number of hydrogen-bond acceptors (Lipinski definition) is 4. The maximum Gasteiger partial charge on any atom is 0.596 e. The van der Waals surface area contributed by atoms with Gasteiger partial charge in [0.15, 0.2) is 23.9 Å². The van der Waals surface area contributed by atoms with E-state index < -0.39 is 23.3 Å². The highest BCUT2D eigenvalue weighted by Gasteiger charge is 2.33. The predicted molar refractivity (Wildman–Crippen MR) is 119 cm³/mol. The molecule has 2 aromatic carbocycles. The summed E-state index contributed by atoms with van der Waals surface area (Å²) in [4.78, 5) is 14.6. The zero-order valence-electron chi connectivity index (χ0n) is 19.3. The first-order chi connectivity index (χ1) is 15.0. The van der Waals surface area contributed by atoms with E-state index in [1.54, 1.807) is 10.6 Å². The van der Waals surface area contributed by atoms with E-state index in [0.717, 1.165) is 17.3 Å². The van der Waals surface area contributed by atoms with Crippen molar-refractivity contribution in [3.8, 4) is 5.75 Å². The molecule has 5 nitrogen and oxygen atoms in total. The number of hydrogen-bond donors (Lipinski definition) is 0. The molecule has 1 atom stereocenters. The standard InChI is InChI=1S/C25H31F2N2O3/c1-17-6-9-20(10-7-17)31-23(19-8-11-21(26)22(27)14-19)16-28-12-13-29(18(2)15-28)24(30)32-25(3,4)5/h6-11,14,23H,12-13,15-16H2,1-5H3/q+1. The van der Waals surface area contributed by atoms with Gasteiger partial charge in [0.2, 0.25) is 0 Å². The highest BCUT2D eigenvalue weighted by atomic mass is 19.2. The van der Waals surface area contributed by atoms with Crippen LogP contribution in [0.1, 0.15) is 44.9 Å². The summed E-state index contributed by atoms with van der Waals surface area (Å²) >= 11 is 0. The summed E-state index contributed by atoms with van der Waals surface area (Å²) in [5.41, 5.74) is 1.96. The van der Waals surface area contributed by atoms with Crippen molar-refractivity contribution in [2.45, 2.75) is 46.3 Å². The number of rotatable bonds is 5. The zero-order valence-corrected chi connectivity index (χ0v) is 19.3. The van der Waals surface area contributed by atoms with Gasteiger partial charge in [0.1, 0.15) is 17.5 Å². The van der Waals surface area contributed by atoms with Crippen molar-refractivity contribution >= 4 is 11.8 Å². The Kier molecular flexibility index (Phi) is 7.29. The molecule has 1 aliphatic heterocycles. The SMILES string of the molecule is CC1=[N+](C(=O)OC(C)(C)C)CCN(CC(Oc2ccc(C)cc2)c2ccc(F)c(F)c2)C1. The molecule has 0 bridgehead atoms. The molecule has 0 fully saturated rings. The summed E-state index contributed by atoms with van der Waals surface area (Å²) in [6.07, 6.45) is -0.864. The van der Waals surface area contributed by atoms with Crippen LogP contribution in [-0.4, -0.2) is 53.1 Å². The molecule has 1 amide bonds. The molecule has 0 aliphatic carbocycles. The van der Waals surface area contributed by atoms with Crippen LogP contribution in [-0.2, 0) is 4.74 Å².